The van der Waals surface area contributed by atoms with Gasteiger partial charge in [0.15, 0.2) is 5.82 Å². The minimum atomic E-state index is 0.506. The third-order valence-corrected chi connectivity index (χ3v) is 1.20. The second-order valence-electron chi connectivity index (χ2n) is 1.99. The van der Waals surface area contributed by atoms with Gasteiger partial charge < -0.3 is 4.52 Å². The van der Waals surface area contributed by atoms with Crippen LogP contribution in [0, 0.1) is 0 Å². The van der Waals surface area contributed by atoms with Crippen molar-refractivity contribution >= 4 is 12.2 Å². The van der Waals surface area contributed by atoms with Crippen molar-refractivity contribution in [3.05, 3.63) is 24.4 Å². The van der Waals surface area contributed by atoms with E-state index in [9.17, 15) is 0 Å². The number of hydrogen-bond donors (Lipinski definition) is 1. The van der Waals surface area contributed by atoms with Gasteiger partial charge in [-0.05, 0) is 12.2 Å². The molecule has 12 heavy (non-hydrogen) atoms. The molecule has 0 bridgehead atoms. The summed E-state index contributed by atoms with van der Waals surface area (Å²) in [4.78, 5) is 7.67. The van der Waals surface area contributed by atoms with Crippen molar-refractivity contribution in [3.8, 4) is 0 Å². The van der Waals surface area contributed by atoms with Gasteiger partial charge in [-0.2, -0.15) is 10.1 Å². The highest BCUT2D eigenvalue weighted by Gasteiger charge is 1.91. The molecular formula is C6H5N5O. The summed E-state index contributed by atoms with van der Waals surface area (Å²) >= 11 is 0. The van der Waals surface area contributed by atoms with Crippen molar-refractivity contribution in [2.45, 2.75) is 0 Å². The maximum absolute atomic E-state index is 4.53. The smallest absolute Gasteiger partial charge is 0.214 e. The van der Waals surface area contributed by atoms with E-state index < -0.39 is 0 Å². The lowest BCUT2D eigenvalue weighted by atomic mass is 10.4. The van der Waals surface area contributed by atoms with Crippen LogP contribution in [0.25, 0.3) is 12.2 Å². The Bertz CT molecular complexity index is 313. The first-order valence-corrected chi connectivity index (χ1v) is 3.25. The summed E-state index contributed by atoms with van der Waals surface area (Å²) in [5.41, 5.74) is 0. The third-order valence-electron chi connectivity index (χ3n) is 1.20. The van der Waals surface area contributed by atoms with E-state index in [0.29, 0.717) is 11.6 Å². The molecule has 2 aromatic rings. The lowest BCUT2D eigenvalue weighted by molar-refractivity contribution is 0.415. The van der Waals surface area contributed by atoms with E-state index in [-0.39, 0.29) is 0 Å². The van der Waals surface area contributed by atoms with Crippen molar-refractivity contribution in [1.82, 2.24) is 25.3 Å². The highest BCUT2D eigenvalue weighted by molar-refractivity contribution is 5.61. The Labute approximate surface area is 67.3 Å². The van der Waals surface area contributed by atoms with Crippen LogP contribution in [0.1, 0.15) is 11.6 Å². The zero-order valence-corrected chi connectivity index (χ0v) is 6.01. The van der Waals surface area contributed by atoms with Crippen molar-refractivity contribution in [1.29, 1.82) is 0 Å². The molecule has 0 aromatic carbocycles. The van der Waals surface area contributed by atoms with Gasteiger partial charge in [-0.3, -0.25) is 5.10 Å². The van der Waals surface area contributed by atoms with E-state index in [1.54, 1.807) is 12.2 Å². The van der Waals surface area contributed by atoms with E-state index in [2.05, 4.69) is 29.8 Å². The first-order valence-electron chi connectivity index (χ1n) is 3.25. The van der Waals surface area contributed by atoms with E-state index in [1.807, 2.05) is 0 Å². The molecule has 1 N–H and O–H groups in total. The molecule has 2 rings (SSSR count). The maximum atomic E-state index is 4.53. The van der Waals surface area contributed by atoms with E-state index in [1.165, 1.54) is 12.7 Å². The highest BCUT2D eigenvalue weighted by atomic mass is 16.5. The zero-order chi connectivity index (χ0) is 8.23. The average Bonchev–Trinajstić information content (AvgIpc) is 2.74. The van der Waals surface area contributed by atoms with Crippen LogP contribution in [0.3, 0.4) is 0 Å². The molecule has 0 spiro atoms. The fourth-order valence-corrected chi connectivity index (χ4v) is 0.701. The number of aromatic nitrogens is 5. The van der Waals surface area contributed by atoms with Crippen LogP contribution in [-0.2, 0) is 0 Å². The maximum Gasteiger partial charge on any atom is 0.214 e. The largest absolute Gasteiger partial charge is 0.342 e. The molecule has 0 radical (unpaired) electrons. The Morgan fingerprint density at radius 1 is 1.33 bits per heavy atom. The first-order chi connectivity index (χ1) is 5.95. The molecule has 0 aliphatic heterocycles. The Morgan fingerprint density at radius 3 is 3.00 bits per heavy atom. The van der Waals surface area contributed by atoms with Gasteiger partial charge in [0.25, 0.3) is 0 Å². The minimum Gasteiger partial charge on any atom is -0.342 e. The second-order valence-corrected chi connectivity index (χ2v) is 1.99. The minimum absolute atomic E-state index is 0.506. The Balaban J connectivity index is 2.14. The Hall–Kier alpha value is -1.98. The van der Waals surface area contributed by atoms with Gasteiger partial charge in [0.05, 0.1) is 0 Å². The standard InChI is InChI=1S/C6H5N5O/c1(5-7-3-9-10-5)2-6-8-4-12-11-6/h1-4H,(H,7,9,10)/b2-1+. The number of nitrogens with zero attached hydrogens (tertiary/aromatic N) is 4. The zero-order valence-electron chi connectivity index (χ0n) is 6.01. The molecular weight excluding hydrogens is 158 g/mol. The Morgan fingerprint density at radius 2 is 2.33 bits per heavy atom. The fourth-order valence-electron chi connectivity index (χ4n) is 0.701. The van der Waals surface area contributed by atoms with Gasteiger partial charge in [0.1, 0.15) is 12.2 Å². The van der Waals surface area contributed by atoms with Crippen LogP contribution in [-0.4, -0.2) is 25.3 Å². The number of nitrogens with one attached hydrogen (secondary N) is 1. The van der Waals surface area contributed by atoms with Crippen molar-refractivity contribution in [2.75, 3.05) is 0 Å². The molecule has 2 aromatic heterocycles. The summed E-state index contributed by atoms with van der Waals surface area (Å²) in [6, 6.07) is 0. The lowest BCUT2D eigenvalue weighted by Gasteiger charge is -1.78. The molecule has 6 heteroatoms. The molecule has 0 amide bonds. The van der Waals surface area contributed by atoms with Crippen LogP contribution in [0.15, 0.2) is 17.2 Å². The van der Waals surface area contributed by atoms with Crippen LogP contribution < -0.4 is 0 Å². The summed E-state index contributed by atoms with van der Waals surface area (Å²) in [7, 11) is 0. The molecule has 0 unspecified atom stereocenters. The number of hydrogen-bond acceptors (Lipinski definition) is 5. The van der Waals surface area contributed by atoms with Crippen LogP contribution in [0.4, 0.5) is 0 Å². The highest BCUT2D eigenvalue weighted by Crippen LogP contribution is 1.96. The number of rotatable bonds is 2. The third kappa shape index (κ3) is 1.36. The molecule has 2 heterocycles. The second kappa shape index (κ2) is 2.95. The molecule has 0 fully saturated rings. The van der Waals surface area contributed by atoms with E-state index in [0.717, 1.165) is 0 Å². The van der Waals surface area contributed by atoms with Crippen LogP contribution in [0.2, 0.25) is 0 Å². The summed E-state index contributed by atoms with van der Waals surface area (Å²) in [6.45, 7) is 0. The van der Waals surface area contributed by atoms with Gasteiger partial charge in [-0.25, -0.2) is 4.98 Å². The van der Waals surface area contributed by atoms with E-state index in [4.69, 9.17) is 0 Å². The van der Waals surface area contributed by atoms with Gasteiger partial charge >= 0.3 is 0 Å². The monoisotopic (exact) mass is 163 g/mol. The predicted octanol–water partition coefficient (Wildman–Crippen LogP) is 0.358. The van der Waals surface area contributed by atoms with Gasteiger partial charge in [-0.1, -0.05) is 5.16 Å². The van der Waals surface area contributed by atoms with Crippen molar-refractivity contribution in [3.63, 3.8) is 0 Å². The summed E-state index contributed by atoms with van der Waals surface area (Å²) in [5, 5.41) is 9.92. The van der Waals surface area contributed by atoms with Gasteiger partial charge in [0.2, 0.25) is 6.39 Å². The average molecular weight is 163 g/mol. The van der Waals surface area contributed by atoms with Crippen LogP contribution >= 0.6 is 0 Å². The van der Waals surface area contributed by atoms with Crippen LogP contribution in [0.5, 0.6) is 0 Å². The fraction of sp³-hybridized carbons (Fsp3) is 0. The quantitative estimate of drug-likeness (QED) is 0.691. The molecule has 60 valence electrons. The van der Waals surface area contributed by atoms with E-state index >= 15 is 0 Å². The molecule has 0 aliphatic rings. The van der Waals surface area contributed by atoms with Crippen molar-refractivity contribution in [2.24, 2.45) is 0 Å². The Kier molecular flexibility index (Phi) is 1.65. The SMILES string of the molecule is C(=C\c1ncn[nH]1)/c1ncon1. The summed E-state index contributed by atoms with van der Waals surface area (Å²) in [5.74, 6) is 1.16. The lowest BCUT2D eigenvalue weighted by Crippen LogP contribution is -1.76. The molecule has 0 aliphatic carbocycles. The normalized spacial score (nSPS) is 11.0. The molecule has 6 nitrogen and oxygen atoms in total. The van der Waals surface area contributed by atoms with Gasteiger partial charge in [0, 0.05) is 0 Å². The van der Waals surface area contributed by atoms with Crippen molar-refractivity contribution < 1.29 is 4.52 Å². The first kappa shape index (κ1) is 6.71. The summed E-state index contributed by atoms with van der Waals surface area (Å²) < 4.78 is 4.53. The van der Waals surface area contributed by atoms with Gasteiger partial charge in [-0.15, -0.1) is 0 Å². The topological polar surface area (TPSA) is 80.5 Å². The predicted molar refractivity (Wildman–Crippen MR) is 39.6 cm³/mol. The molecule has 0 saturated carbocycles. The molecule has 0 saturated heterocycles. The number of aromatic amines is 1. The number of H-pyrrole nitrogens is 1. The molecule has 0 atom stereocenters. The summed E-state index contributed by atoms with van der Waals surface area (Å²) in [6.07, 6.45) is 6.07.